The van der Waals surface area contributed by atoms with Crippen LogP contribution in [0.4, 0.5) is 14.4 Å². The largest absolute Gasteiger partial charge is 0.444 e. The Morgan fingerprint density at radius 1 is 0.809 bits per heavy atom. The number of hydrogen-bond acceptors (Lipinski definition) is 8. The summed E-state index contributed by atoms with van der Waals surface area (Å²) in [6.07, 6.45) is 2.82. The monoisotopic (exact) mass is 666 g/mol. The van der Waals surface area contributed by atoms with Crippen molar-refractivity contribution in [1.29, 1.82) is 0 Å². The standard InChI is InChI=1S/C34H46N6O6S/c1-34(2,3)46-32(43)37-18-17-29(40-31(42)35-4)30(41)38-26(19-24-11-7-5-8-12-24)15-16-27(20-25-13-9-6-10-14-25)39-33(44)45-22-28-21-36-23-47-28/h5-14,21,23,26-27,29H,15-20,22H2,1-4H3,(H,37,43)(H,38,41)(H,39,44)(H2,35,40,42)/t26-,27-,29+/m1/s1. The molecule has 0 saturated carbocycles. The molecule has 0 spiro atoms. The molecule has 1 heterocycles. The highest BCUT2D eigenvalue weighted by Crippen LogP contribution is 2.15. The Bertz CT molecular complexity index is 1390. The molecule has 0 aliphatic carbocycles. The van der Waals surface area contributed by atoms with Crippen molar-refractivity contribution in [1.82, 2.24) is 31.6 Å². The summed E-state index contributed by atoms with van der Waals surface area (Å²) >= 11 is 1.41. The van der Waals surface area contributed by atoms with Crippen molar-refractivity contribution < 1.29 is 28.7 Å². The molecule has 0 saturated heterocycles. The van der Waals surface area contributed by atoms with Crippen LogP contribution in [0.2, 0.25) is 0 Å². The number of carbonyl (C=O) groups is 4. The molecule has 254 valence electrons. The van der Waals surface area contributed by atoms with Gasteiger partial charge in [0.05, 0.1) is 10.4 Å². The molecule has 0 bridgehead atoms. The molecule has 47 heavy (non-hydrogen) atoms. The van der Waals surface area contributed by atoms with E-state index in [1.54, 1.807) is 32.5 Å². The Morgan fingerprint density at radius 3 is 1.94 bits per heavy atom. The first-order chi connectivity index (χ1) is 22.5. The number of urea groups is 1. The first-order valence-electron chi connectivity index (χ1n) is 15.6. The predicted octanol–water partition coefficient (Wildman–Crippen LogP) is 4.70. The van der Waals surface area contributed by atoms with Crippen molar-refractivity contribution in [2.45, 2.75) is 83.2 Å². The molecule has 0 unspecified atom stereocenters. The number of nitrogens with one attached hydrogen (secondary N) is 5. The zero-order chi connectivity index (χ0) is 34.1. The number of ether oxygens (including phenoxy) is 2. The maximum absolute atomic E-state index is 13.6. The van der Waals surface area contributed by atoms with E-state index in [0.717, 1.165) is 16.0 Å². The average Bonchev–Trinajstić information content (AvgIpc) is 3.56. The fraction of sp³-hybridized carbons (Fsp3) is 0.441. The molecule has 2 aromatic carbocycles. The highest BCUT2D eigenvalue weighted by Gasteiger charge is 2.25. The molecule has 13 heteroatoms. The van der Waals surface area contributed by atoms with Crippen molar-refractivity contribution in [2.75, 3.05) is 13.6 Å². The van der Waals surface area contributed by atoms with Crippen molar-refractivity contribution in [3.8, 4) is 0 Å². The molecule has 12 nitrogen and oxygen atoms in total. The van der Waals surface area contributed by atoms with Crippen LogP contribution in [0.1, 0.15) is 56.0 Å². The maximum atomic E-state index is 13.6. The van der Waals surface area contributed by atoms with Crippen LogP contribution in [0.15, 0.2) is 72.4 Å². The molecule has 5 N–H and O–H groups in total. The van der Waals surface area contributed by atoms with Gasteiger partial charge in [-0.25, -0.2) is 14.4 Å². The Morgan fingerprint density at radius 2 is 1.40 bits per heavy atom. The number of hydrogen-bond donors (Lipinski definition) is 5. The summed E-state index contributed by atoms with van der Waals surface area (Å²) in [5.74, 6) is -0.392. The van der Waals surface area contributed by atoms with Crippen molar-refractivity contribution in [3.05, 3.63) is 88.4 Å². The van der Waals surface area contributed by atoms with E-state index in [-0.39, 0.29) is 31.7 Å². The molecule has 0 aliphatic heterocycles. The summed E-state index contributed by atoms with van der Waals surface area (Å²) in [6.45, 7) is 5.51. The van der Waals surface area contributed by atoms with Gasteiger partial charge in [-0.1, -0.05) is 60.7 Å². The number of amides is 5. The summed E-state index contributed by atoms with van der Waals surface area (Å²) in [6, 6.07) is 17.6. The topological polar surface area (TPSA) is 160 Å². The summed E-state index contributed by atoms with van der Waals surface area (Å²) in [7, 11) is 1.46. The summed E-state index contributed by atoms with van der Waals surface area (Å²) in [4.78, 5) is 55.7. The van der Waals surface area contributed by atoms with Gasteiger partial charge >= 0.3 is 18.2 Å². The SMILES string of the molecule is CNC(=O)N[C@@H](CCNC(=O)OC(C)(C)C)C(=O)N[C@H](CC[C@H](Cc1ccccc1)NC(=O)OCc1cncs1)Cc1ccccc1. The van der Waals surface area contributed by atoms with E-state index >= 15 is 0 Å². The van der Waals surface area contributed by atoms with Crippen molar-refractivity contribution in [3.63, 3.8) is 0 Å². The molecule has 5 amide bonds. The van der Waals surface area contributed by atoms with Gasteiger partial charge in [-0.2, -0.15) is 0 Å². The number of benzene rings is 2. The molecule has 0 fully saturated rings. The lowest BCUT2D eigenvalue weighted by Gasteiger charge is -2.26. The van der Waals surface area contributed by atoms with Gasteiger partial charge in [0.15, 0.2) is 0 Å². The van der Waals surface area contributed by atoms with E-state index in [9.17, 15) is 19.2 Å². The molecular weight excluding hydrogens is 620 g/mol. The van der Waals surface area contributed by atoms with Gasteiger partial charge < -0.3 is 36.1 Å². The molecule has 3 rings (SSSR count). The summed E-state index contributed by atoms with van der Waals surface area (Å²) in [5.41, 5.74) is 3.09. The number of alkyl carbamates (subject to hydrolysis) is 2. The third-order valence-electron chi connectivity index (χ3n) is 6.96. The van der Waals surface area contributed by atoms with Gasteiger partial charge in [-0.3, -0.25) is 9.78 Å². The number of rotatable bonds is 16. The third kappa shape index (κ3) is 15.0. The summed E-state index contributed by atoms with van der Waals surface area (Å²) in [5, 5.41) is 13.9. The van der Waals surface area contributed by atoms with E-state index in [0.29, 0.717) is 25.7 Å². The van der Waals surface area contributed by atoms with Gasteiger partial charge in [-0.05, 0) is 64.0 Å². The quantitative estimate of drug-likeness (QED) is 0.148. The lowest BCUT2D eigenvalue weighted by molar-refractivity contribution is -0.123. The Labute approximate surface area is 280 Å². The molecule has 0 aliphatic rings. The normalized spacial score (nSPS) is 12.9. The van der Waals surface area contributed by atoms with Gasteiger partial charge in [0, 0.05) is 31.9 Å². The fourth-order valence-corrected chi connectivity index (χ4v) is 5.25. The minimum absolute atomic E-state index is 0.104. The Balaban J connectivity index is 1.71. The summed E-state index contributed by atoms with van der Waals surface area (Å²) < 4.78 is 10.7. The molecule has 1 aromatic heterocycles. The first kappa shape index (κ1) is 36.8. The van der Waals surface area contributed by atoms with Crippen LogP contribution in [-0.2, 0) is 33.7 Å². The lowest BCUT2D eigenvalue weighted by atomic mass is 9.95. The van der Waals surface area contributed by atoms with E-state index in [1.165, 1.54) is 18.4 Å². The number of thiazole rings is 1. The number of nitrogens with zero attached hydrogens (tertiary/aromatic N) is 1. The third-order valence-corrected chi connectivity index (χ3v) is 7.71. The average molecular weight is 667 g/mol. The molecule has 3 atom stereocenters. The number of aromatic nitrogens is 1. The number of carbonyl (C=O) groups excluding carboxylic acids is 4. The Kier molecular flexibility index (Phi) is 15.0. The van der Waals surface area contributed by atoms with Crippen LogP contribution in [-0.4, -0.2) is 66.4 Å². The van der Waals surface area contributed by atoms with E-state index < -0.39 is 35.8 Å². The minimum atomic E-state index is -0.928. The fourth-order valence-electron chi connectivity index (χ4n) is 4.74. The smallest absolute Gasteiger partial charge is 0.407 e. The second kappa shape index (κ2) is 19.1. The molecule has 3 aromatic rings. The van der Waals surface area contributed by atoms with Crippen LogP contribution < -0.4 is 26.6 Å². The highest BCUT2D eigenvalue weighted by molar-refractivity contribution is 7.09. The van der Waals surface area contributed by atoms with Crippen LogP contribution in [0.3, 0.4) is 0 Å². The van der Waals surface area contributed by atoms with Gasteiger partial charge in [0.2, 0.25) is 5.91 Å². The van der Waals surface area contributed by atoms with Crippen molar-refractivity contribution in [2.24, 2.45) is 0 Å². The second-order valence-electron chi connectivity index (χ2n) is 12.0. The Hall–Kier alpha value is -4.65. The lowest BCUT2D eigenvalue weighted by Crippen LogP contribution is -2.53. The predicted molar refractivity (Wildman–Crippen MR) is 181 cm³/mol. The van der Waals surface area contributed by atoms with Gasteiger partial charge in [0.1, 0.15) is 18.2 Å². The van der Waals surface area contributed by atoms with E-state index in [2.05, 4.69) is 31.6 Å². The second-order valence-corrected chi connectivity index (χ2v) is 13.0. The zero-order valence-electron chi connectivity index (χ0n) is 27.4. The minimum Gasteiger partial charge on any atom is -0.444 e. The zero-order valence-corrected chi connectivity index (χ0v) is 28.2. The van der Waals surface area contributed by atoms with Crippen LogP contribution in [0, 0.1) is 0 Å². The van der Waals surface area contributed by atoms with Crippen LogP contribution >= 0.6 is 11.3 Å². The molecular formula is C34H46N6O6S. The van der Waals surface area contributed by atoms with E-state index in [1.807, 2.05) is 60.7 Å². The van der Waals surface area contributed by atoms with Crippen molar-refractivity contribution >= 4 is 35.5 Å². The molecule has 0 radical (unpaired) electrons. The van der Waals surface area contributed by atoms with Crippen LogP contribution in [0.5, 0.6) is 0 Å². The van der Waals surface area contributed by atoms with E-state index in [4.69, 9.17) is 9.47 Å². The van der Waals surface area contributed by atoms with Crippen LogP contribution in [0.25, 0.3) is 0 Å². The van der Waals surface area contributed by atoms with Gasteiger partial charge in [0.25, 0.3) is 0 Å². The van der Waals surface area contributed by atoms with Gasteiger partial charge in [-0.15, -0.1) is 11.3 Å². The first-order valence-corrected chi connectivity index (χ1v) is 16.5. The highest BCUT2D eigenvalue weighted by atomic mass is 32.1. The maximum Gasteiger partial charge on any atom is 0.407 e.